The molecule has 1 aliphatic rings. The summed E-state index contributed by atoms with van der Waals surface area (Å²) in [6.07, 6.45) is 0.871. The second-order valence-electron chi connectivity index (χ2n) is 4.62. The van der Waals surface area contributed by atoms with Gasteiger partial charge in [-0.1, -0.05) is 6.92 Å². The zero-order chi connectivity index (χ0) is 11.7. The average Bonchev–Trinajstić information content (AvgIpc) is 2.68. The zero-order valence-electron chi connectivity index (χ0n) is 10.1. The molecular weight excluding hydrogens is 240 g/mol. The number of aromatic nitrogens is 2. The van der Waals surface area contributed by atoms with Crippen molar-refractivity contribution in [3.63, 3.8) is 0 Å². The molecule has 0 saturated carbocycles. The van der Waals surface area contributed by atoms with Crippen molar-refractivity contribution in [2.24, 2.45) is 11.7 Å². The van der Waals surface area contributed by atoms with Crippen LogP contribution in [0.1, 0.15) is 29.5 Å². The maximum absolute atomic E-state index is 12.1. The molecule has 6 heteroatoms. The number of hydrogen-bond donors (Lipinski definition) is 2. The Morgan fingerprint density at radius 1 is 1.65 bits per heavy atom. The van der Waals surface area contributed by atoms with E-state index >= 15 is 0 Å². The maximum Gasteiger partial charge on any atom is 0.274 e. The van der Waals surface area contributed by atoms with E-state index in [1.54, 1.807) is 6.07 Å². The van der Waals surface area contributed by atoms with Crippen LogP contribution in [0.2, 0.25) is 0 Å². The molecule has 1 aliphatic heterocycles. The number of piperidine rings is 1. The first-order chi connectivity index (χ1) is 7.58. The summed E-state index contributed by atoms with van der Waals surface area (Å²) in [5.41, 5.74) is 7.33. The Bertz CT molecular complexity index is 393. The normalized spacial score (nSPS) is 24.3. The molecule has 5 nitrogen and oxygen atoms in total. The Morgan fingerprint density at radius 2 is 2.35 bits per heavy atom. The van der Waals surface area contributed by atoms with Crippen molar-refractivity contribution < 1.29 is 4.79 Å². The minimum Gasteiger partial charge on any atom is -0.337 e. The summed E-state index contributed by atoms with van der Waals surface area (Å²) in [6, 6.07) is 1.99. The van der Waals surface area contributed by atoms with Gasteiger partial charge in [0.15, 0.2) is 0 Å². The number of H-pyrrole nitrogens is 1. The van der Waals surface area contributed by atoms with Gasteiger partial charge in [-0.3, -0.25) is 9.89 Å². The second-order valence-corrected chi connectivity index (χ2v) is 4.62. The molecule has 2 unspecified atom stereocenters. The quantitative estimate of drug-likeness (QED) is 0.788. The number of carbonyl (C=O) groups excluding carboxylic acids is 1. The van der Waals surface area contributed by atoms with Crippen molar-refractivity contribution in [1.29, 1.82) is 0 Å². The number of nitrogens with one attached hydrogen (secondary N) is 1. The molecule has 1 aromatic rings. The lowest BCUT2D eigenvalue weighted by atomic mass is 9.94. The summed E-state index contributed by atoms with van der Waals surface area (Å²) < 4.78 is 0. The van der Waals surface area contributed by atoms with Gasteiger partial charge in [-0.25, -0.2) is 0 Å². The van der Waals surface area contributed by atoms with Crippen LogP contribution in [-0.2, 0) is 0 Å². The summed E-state index contributed by atoms with van der Waals surface area (Å²) >= 11 is 0. The molecule has 2 atom stereocenters. The molecule has 0 bridgehead atoms. The van der Waals surface area contributed by atoms with Crippen LogP contribution < -0.4 is 5.73 Å². The third-order valence-corrected chi connectivity index (χ3v) is 3.18. The van der Waals surface area contributed by atoms with Crippen molar-refractivity contribution in [2.45, 2.75) is 26.3 Å². The predicted octanol–water partition coefficient (Wildman–Crippen LogP) is 0.949. The first-order valence-electron chi connectivity index (χ1n) is 5.65. The summed E-state index contributed by atoms with van der Waals surface area (Å²) in [5, 5.41) is 6.77. The standard InChI is InChI=1S/C11H18N4O.ClH/c1-7-6-15(4-3-9(7)12)11(16)10-5-8(2)13-14-10;/h5,7,9H,3-4,6,12H2,1-2H3,(H,13,14);1H. The van der Waals surface area contributed by atoms with Gasteiger partial charge >= 0.3 is 0 Å². The number of amides is 1. The van der Waals surface area contributed by atoms with Gasteiger partial charge in [0, 0.05) is 24.8 Å². The SMILES string of the molecule is Cc1cc(C(=O)N2CCC(N)C(C)C2)n[nH]1.Cl. The number of rotatable bonds is 1. The summed E-state index contributed by atoms with van der Waals surface area (Å²) in [5.74, 6) is 0.362. The van der Waals surface area contributed by atoms with Gasteiger partial charge in [0.1, 0.15) is 5.69 Å². The van der Waals surface area contributed by atoms with Crippen LogP contribution in [0.25, 0.3) is 0 Å². The number of hydrogen-bond acceptors (Lipinski definition) is 3. The fourth-order valence-corrected chi connectivity index (χ4v) is 2.04. The fourth-order valence-electron chi connectivity index (χ4n) is 2.04. The molecule has 0 aliphatic carbocycles. The van der Waals surface area contributed by atoms with Crippen LogP contribution in [0, 0.1) is 12.8 Å². The highest BCUT2D eigenvalue weighted by Gasteiger charge is 2.27. The number of halogens is 1. The predicted molar refractivity (Wildman–Crippen MR) is 68.2 cm³/mol. The molecule has 0 radical (unpaired) electrons. The van der Waals surface area contributed by atoms with Gasteiger partial charge in [-0.2, -0.15) is 5.10 Å². The Balaban J connectivity index is 0.00000144. The van der Waals surface area contributed by atoms with Crippen molar-refractivity contribution in [3.8, 4) is 0 Å². The van der Waals surface area contributed by atoms with Crippen molar-refractivity contribution in [2.75, 3.05) is 13.1 Å². The third-order valence-electron chi connectivity index (χ3n) is 3.18. The molecule has 17 heavy (non-hydrogen) atoms. The average molecular weight is 259 g/mol. The van der Waals surface area contributed by atoms with E-state index in [9.17, 15) is 4.79 Å². The number of nitrogens with two attached hydrogens (primary N) is 1. The monoisotopic (exact) mass is 258 g/mol. The van der Waals surface area contributed by atoms with Gasteiger partial charge in [-0.15, -0.1) is 12.4 Å². The first-order valence-corrected chi connectivity index (χ1v) is 5.65. The van der Waals surface area contributed by atoms with Crippen LogP contribution >= 0.6 is 12.4 Å². The second kappa shape index (κ2) is 5.51. The molecule has 1 amide bonds. The Morgan fingerprint density at radius 3 is 2.88 bits per heavy atom. The molecule has 3 N–H and O–H groups in total. The highest BCUT2D eigenvalue weighted by atomic mass is 35.5. The van der Waals surface area contributed by atoms with E-state index in [0.717, 1.165) is 25.2 Å². The largest absolute Gasteiger partial charge is 0.337 e. The minimum atomic E-state index is 0. The summed E-state index contributed by atoms with van der Waals surface area (Å²) in [6.45, 7) is 5.43. The van der Waals surface area contributed by atoms with Crippen LogP contribution in [0.15, 0.2) is 6.07 Å². The highest BCUT2D eigenvalue weighted by Crippen LogP contribution is 2.16. The molecular formula is C11H19ClN4O. The Kier molecular flexibility index (Phi) is 4.54. The third kappa shape index (κ3) is 2.98. The van der Waals surface area contributed by atoms with E-state index in [-0.39, 0.29) is 24.4 Å². The molecule has 0 aromatic carbocycles. The van der Waals surface area contributed by atoms with E-state index in [0.29, 0.717) is 11.6 Å². The Labute approximate surface area is 107 Å². The highest BCUT2D eigenvalue weighted by molar-refractivity contribution is 5.92. The molecule has 1 fully saturated rings. The lowest BCUT2D eigenvalue weighted by molar-refractivity contribution is 0.0658. The lowest BCUT2D eigenvalue weighted by Gasteiger charge is -2.34. The van der Waals surface area contributed by atoms with Crippen molar-refractivity contribution in [1.82, 2.24) is 15.1 Å². The van der Waals surface area contributed by atoms with Gasteiger partial charge < -0.3 is 10.6 Å². The van der Waals surface area contributed by atoms with Crippen LogP contribution in [-0.4, -0.2) is 40.1 Å². The smallest absolute Gasteiger partial charge is 0.274 e. The van der Waals surface area contributed by atoms with E-state index < -0.39 is 0 Å². The summed E-state index contributed by atoms with van der Waals surface area (Å²) in [7, 11) is 0. The first kappa shape index (κ1) is 14.0. The topological polar surface area (TPSA) is 75.0 Å². The minimum absolute atomic E-state index is 0. The van der Waals surface area contributed by atoms with Gasteiger partial charge in [0.25, 0.3) is 5.91 Å². The maximum atomic E-state index is 12.1. The number of nitrogens with zero attached hydrogens (tertiary/aromatic N) is 2. The van der Waals surface area contributed by atoms with Crippen molar-refractivity contribution >= 4 is 18.3 Å². The van der Waals surface area contributed by atoms with Crippen LogP contribution in [0.5, 0.6) is 0 Å². The van der Waals surface area contributed by atoms with Gasteiger partial charge in [0.05, 0.1) is 0 Å². The Hall–Kier alpha value is -1.07. The van der Waals surface area contributed by atoms with E-state index in [1.165, 1.54) is 0 Å². The van der Waals surface area contributed by atoms with E-state index in [2.05, 4.69) is 17.1 Å². The van der Waals surface area contributed by atoms with Crippen LogP contribution in [0.3, 0.4) is 0 Å². The molecule has 1 saturated heterocycles. The number of aryl methyl sites for hydroxylation is 1. The molecule has 0 spiro atoms. The number of likely N-dealkylation sites (tertiary alicyclic amines) is 1. The fraction of sp³-hybridized carbons (Fsp3) is 0.636. The van der Waals surface area contributed by atoms with Gasteiger partial charge in [-0.05, 0) is 25.3 Å². The number of carbonyl (C=O) groups is 1. The van der Waals surface area contributed by atoms with Crippen molar-refractivity contribution in [3.05, 3.63) is 17.5 Å². The van der Waals surface area contributed by atoms with Crippen LogP contribution in [0.4, 0.5) is 0 Å². The van der Waals surface area contributed by atoms with E-state index in [1.807, 2.05) is 11.8 Å². The molecule has 2 heterocycles. The lowest BCUT2D eigenvalue weighted by Crippen LogP contribution is -2.48. The molecule has 1 aromatic heterocycles. The summed E-state index contributed by atoms with van der Waals surface area (Å²) in [4.78, 5) is 13.9. The van der Waals surface area contributed by atoms with Gasteiger partial charge in [0.2, 0.25) is 0 Å². The van der Waals surface area contributed by atoms with E-state index in [4.69, 9.17) is 5.73 Å². The molecule has 96 valence electrons. The number of aromatic amines is 1. The zero-order valence-corrected chi connectivity index (χ0v) is 11.0. The molecule has 2 rings (SSSR count).